The summed E-state index contributed by atoms with van der Waals surface area (Å²) in [6.45, 7) is 4.35. The fourth-order valence-electron chi connectivity index (χ4n) is 1.76. The standard InChI is InChI=1S/C17H19N3O3S2/c1-11(2)10-24-13-7-5-4-6-12(13)9-18-20-17-19-16(22)14(25-17)8-15(21)23-3/h4-9,11H,10H2,1-3H3,(H,19,20,22)/b14-8+,18-9?. The number of thioether (sulfide) groups is 2. The third-order valence-corrected chi connectivity index (χ3v) is 5.35. The number of amidine groups is 1. The van der Waals surface area contributed by atoms with E-state index < -0.39 is 11.9 Å². The minimum Gasteiger partial charge on any atom is -0.466 e. The Balaban J connectivity index is 2.06. The Hall–Kier alpha value is -2.06. The van der Waals surface area contributed by atoms with Gasteiger partial charge >= 0.3 is 5.97 Å². The van der Waals surface area contributed by atoms with Crippen molar-refractivity contribution in [3.8, 4) is 0 Å². The van der Waals surface area contributed by atoms with Crippen LogP contribution in [0.15, 0.2) is 50.3 Å². The van der Waals surface area contributed by atoms with E-state index in [2.05, 4.69) is 34.1 Å². The maximum atomic E-state index is 11.7. The van der Waals surface area contributed by atoms with Crippen LogP contribution in [0.5, 0.6) is 0 Å². The Morgan fingerprint density at radius 3 is 2.88 bits per heavy atom. The van der Waals surface area contributed by atoms with E-state index in [0.29, 0.717) is 11.1 Å². The maximum Gasteiger partial charge on any atom is 0.331 e. The minimum absolute atomic E-state index is 0.230. The number of methoxy groups -OCH3 is 1. The largest absolute Gasteiger partial charge is 0.466 e. The second kappa shape index (κ2) is 9.43. The van der Waals surface area contributed by atoms with Crippen molar-refractivity contribution in [2.75, 3.05) is 12.9 Å². The second-order valence-corrected chi connectivity index (χ2v) is 7.57. The highest BCUT2D eigenvalue weighted by Crippen LogP contribution is 2.25. The summed E-state index contributed by atoms with van der Waals surface area (Å²) in [6.07, 6.45) is 2.79. The zero-order valence-corrected chi connectivity index (χ0v) is 15.8. The van der Waals surface area contributed by atoms with Crippen LogP contribution in [0.3, 0.4) is 0 Å². The van der Waals surface area contributed by atoms with Crippen LogP contribution in [0.2, 0.25) is 0 Å². The molecule has 1 fully saturated rings. The van der Waals surface area contributed by atoms with Gasteiger partial charge in [0.25, 0.3) is 5.91 Å². The number of esters is 1. The molecule has 0 saturated carbocycles. The lowest BCUT2D eigenvalue weighted by molar-refractivity contribution is -0.135. The molecule has 8 heteroatoms. The van der Waals surface area contributed by atoms with Gasteiger partial charge in [-0.3, -0.25) is 10.1 Å². The minimum atomic E-state index is -0.585. The number of rotatable bonds is 6. The summed E-state index contributed by atoms with van der Waals surface area (Å²) < 4.78 is 4.51. The van der Waals surface area contributed by atoms with Crippen molar-refractivity contribution < 1.29 is 14.3 Å². The molecule has 1 N–H and O–H groups in total. The Kier molecular flexibility index (Phi) is 7.27. The molecule has 0 radical (unpaired) electrons. The number of hydrogen-bond donors (Lipinski definition) is 1. The fourth-order valence-corrected chi connectivity index (χ4v) is 3.47. The van der Waals surface area contributed by atoms with Gasteiger partial charge in [0.1, 0.15) is 0 Å². The highest BCUT2D eigenvalue weighted by molar-refractivity contribution is 8.18. The summed E-state index contributed by atoms with van der Waals surface area (Å²) in [5, 5.41) is 10.9. The highest BCUT2D eigenvalue weighted by Gasteiger charge is 2.24. The van der Waals surface area contributed by atoms with Crippen LogP contribution >= 0.6 is 23.5 Å². The molecule has 25 heavy (non-hydrogen) atoms. The normalized spacial score (nSPS) is 17.7. The van der Waals surface area contributed by atoms with E-state index in [4.69, 9.17) is 0 Å². The number of hydrogen-bond acceptors (Lipinski definition) is 7. The number of nitrogens with one attached hydrogen (secondary N) is 1. The van der Waals surface area contributed by atoms with Crippen molar-refractivity contribution in [1.82, 2.24) is 5.32 Å². The number of ether oxygens (including phenoxy) is 1. The zero-order valence-electron chi connectivity index (χ0n) is 14.2. The second-order valence-electron chi connectivity index (χ2n) is 5.48. The molecule has 1 saturated heterocycles. The topological polar surface area (TPSA) is 80.1 Å². The van der Waals surface area contributed by atoms with Crippen molar-refractivity contribution in [1.29, 1.82) is 0 Å². The molecule has 1 aliphatic rings. The predicted octanol–water partition coefficient (Wildman–Crippen LogP) is 3.04. The first kappa shape index (κ1) is 19.3. The lowest BCUT2D eigenvalue weighted by Gasteiger charge is -2.06. The zero-order chi connectivity index (χ0) is 18.2. The van der Waals surface area contributed by atoms with Gasteiger partial charge in [0, 0.05) is 22.3 Å². The average Bonchev–Trinajstić information content (AvgIpc) is 2.93. The molecule has 132 valence electrons. The van der Waals surface area contributed by atoms with Gasteiger partial charge in [-0.05, 0) is 23.7 Å². The van der Waals surface area contributed by atoms with Crippen LogP contribution in [-0.2, 0) is 14.3 Å². The van der Waals surface area contributed by atoms with E-state index in [9.17, 15) is 9.59 Å². The molecule has 0 aromatic heterocycles. The van der Waals surface area contributed by atoms with E-state index in [-0.39, 0.29) is 4.91 Å². The van der Waals surface area contributed by atoms with E-state index in [0.717, 1.165) is 34.0 Å². The molecule has 6 nitrogen and oxygen atoms in total. The van der Waals surface area contributed by atoms with Crippen molar-refractivity contribution >= 4 is 46.8 Å². The lowest BCUT2D eigenvalue weighted by Crippen LogP contribution is -2.19. The lowest BCUT2D eigenvalue weighted by atomic mass is 10.2. The molecule has 1 amide bonds. The van der Waals surface area contributed by atoms with Crippen molar-refractivity contribution in [2.24, 2.45) is 16.1 Å². The van der Waals surface area contributed by atoms with Crippen LogP contribution in [0.1, 0.15) is 19.4 Å². The molecule has 1 heterocycles. The molecule has 1 aromatic carbocycles. The van der Waals surface area contributed by atoms with Crippen molar-refractivity contribution in [2.45, 2.75) is 18.7 Å². The average molecular weight is 377 g/mol. The number of benzene rings is 1. The molecule has 0 bridgehead atoms. The maximum absolute atomic E-state index is 11.7. The molecule has 1 aliphatic heterocycles. The van der Waals surface area contributed by atoms with Crippen LogP contribution in [0.25, 0.3) is 0 Å². The van der Waals surface area contributed by atoms with Crippen LogP contribution in [-0.4, -0.2) is 36.1 Å². The van der Waals surface area contributed by atoms with Gasteiger partial charge in [0.2, 0.25) is 0 Å². The number of carbonyl (C=O) groups excluding carboxylic acids is 2. The highest BCUT2D eigenvalue weighted by atomic mass is 32.2. The smallest absolute Gasteiger partial charge is 0.331 e. The quantitative estimate of drug-likeness (QED) is 0.271. The number of amides is 1. The fraction of sp³-hybridized carbons (Fsp3) is 0.294. The van der Waals surface area contributed by atoms with E-state index in [1.165, 1.54) is 7.11 Å². The molecule has 0 atom stereocenters. The Labute approximate surface area is 155 Å². The van der Waals surface area contributed by atoms with Crippen molar-refractivity contribution in [3.63, 3.8) is 0 Å². The molecular weight excluding hydrogens is 358 g/mol. The Morgan fingerprint density at radius 1 is 1.40 bits per heavy atom. The summed E-state index contributed by atoms with van der Waals surface area (Å²) in [4.78, 5) is 24.3. The van der Waals surface area contributed by atoms with Gasteiger partial charge in [-0.1, -0.05) is 32.0 Å². The third-order valence-electron chi connectivity index (χ3n) is 2.94. The van der Waals surface area contributed by atoms with Gasteiger partial charge in [0.05, 0.1) is 18.2 Å². The molecule has 0 unspecified atom stereocenters. The number of nitrogens with zero attached hydrogens (tertiary/aromatic N) is 2. The first-order valence-electron chi connectivity index (χ1n) is 7.61. The molecule has 2 rings (SSSR count). The van der Waals surface area contributed by atoms with Gasteiger partial charge in [-0.2, -0.15) is 5.10 Å². The molecule has 1 aromatic rings. The van der Waals surface area contributed by atoms with Crippen LogP contribution in [0.4, 0.5) is 0 Å². The summed E-state index contributed by atoms with van der Waals surface area (Å²) in [5.41, 5.74) is 0.970. The summed E-state index contributed by atoms with van der Waals surface area (Å²) in [6, 6.07) is 7.94. The van der Waals surface area contributed by atoms with Crippen molar-refractivity contribution in [3.05, 3.63) is 40.8 Å². The first-order valence-corrected chi connectivity index (χ1v) is 9.41. The van der Waals surface area contributed by atoms with E-state index in [1.807, 2.05) is 24.3 Å². The van der Waals surface area contributed by atoms with E-state index >= 15 is 0 Å². The van der Waals surface area contributed by atoms with Gasteiger partial charge < -0.3 is 4.74 Å². The van der Waals surface area contributed by atoms with Gasteiger partial charge in [-0.25, -0.2) is 4.79 Å². The third kappa shape index (κ3) is 6.06. The summed E-state index contributed by atoms with van der Waals surface area (Å²) in [7, 11) is 1.25. The SMILES string of the molecule is COC(=O)/C=C1/S/C(=N\N=Cc2ccccc2SCC(C)C)NC1=O. The molecule has 0 spiro atoms. The van der Waals surface area contributed by atoms with Gasteiger partial charge in [-0.15, -0.1) is 16.9 Å². The summed E-state index contributed by atoms with van der Waals surface area (Å²) >= 11 is 2.82. The van der Waals surface area contributed by atoms with E-state index in [1.54, 1.807) is 18.0 Å². The molecule has 0 aliphatic carbocycles. The van der Waals surface area contributed by atoms with Crippen LogP contribution in [0, 0.1) is 5.92 Å². The first-order chi connectivity index (χ1) is 12.0. The number of carbonyl (C=O) groups is 2. The Bertz CT molecular complexity index is 742. The van der Waals surface area contributed by atoms with Gasteiger partial charge in [0.15, 0.2) is 5.17 Å². The Morgan fingerprint density at radius 2 is 2.16 bits per heavy atom. The molecular formula is C17H19N3O3S2. The summed E-state index contributed by atoms with van der Waals surface area (Å²) in [5.74, 6) is 0.642. The van der Waals surface area contributed by atoms with Crippen LogP contribution < -0.4 is 5.32 Å². The predicted molar refractivity (Wildman–Crippen MR) is 103 cm³/mol. The monoisotopic (exact) mass is 377 g/mol.